The number of benzene rings is 2. The van der Waals surface area contributed by atoms with Gasteiger partial charge in [-0.05, 0) is 36.6 Å². The number of esters is 1. The van der Waals surface area contributed by atoms with Crippen molar-refractivity contribution in [2.24, 2.45) is 11.5 Å². The maximum absolute atomic E-state index is 12.8. The van der Waals surface area contributed by atoms with Gasteiger partial charge in [0.1, 0.15) is 18.0 Å². The van der Waals surface area contributed by atoms with E-state index in [4.69, 9.17) is 56.4 Å². The molecule has 0 bridgehead atoms. The van der Waals surface area contributed by atoms with Gasteiger partial charge in [0.05, 0.1) is 11.2 Å². The van der Waals surface area contributed by atoms with E-state index in [9.17, 15) is 9.59 Å². The summed E-state index contributed by atoms with van der Waals surface area (Å²) in [5.41, 5.74) is 13.2. The van der Waals surface area contributed by atoms with Crippen LogP contribution in [0.3, 0.4) is 0 Å². The number of guanidine groups is 1. The molecule has 0 saturated heterocycles. The molecule has 0 aliphatic carbocycles. The van der Waals surface area contributed by atoms with Crippen LogP contribution < -0.4 is 32.3 Å². The van der Waals surface area contributed by atoms with E-state index < -0.39 is 27.9 Å². The molecule has 1 unspecified atom stereocenters. The van der Waals surface area contributed by atoms with Gasteiger partial charge in [0.2, 0.25) is 9.70 Å². The molecule has 0 fully saturated rings. The Morgan fingerprint density at radius 3 is 2.51 bits per heavy atom. The number of hydrogen-bond acceptors (Lipinski definition) is 8. The summed E-state index contributed by atoms with van der Waals surface area (Å²) in [6.07, 6.45) is 4.10. The van der Waals surface area contributed by atoms with Crippen LogP contribution in [-0.4, -0.2) is 52.1 Å². The number of alkyl halides is 3. The number of para-hydroxylation sites is 1. The smallest absolute Gasteiger partial charge is 0.324 e. The van der Waals surface area contributed by atoms with E-state index in [0.29, 0.717) is 30.6 Å². The number of anilines is 1. The fraction of sp³-hybridized carbons (Fsp3) is 0.241. The highest BCUT2D eigenvalue weighted by molar-refractivity contribution is 6.68. The first-order valence-electron chi connectivity index (χ1n) is 13.1. The molecule has 3 rings (SSSR count). The number of amides is 1. The van der Waals surface area contributed by atoms with E-state index in [1.54, 1.807) is 30.5 Å². The number of aromatic nitrogens is 1. The predicted octanol–water partition coefficient (Wildman–Crippen LogP) is 3.72. The summed E-state index contributed by atoms with van der Waals surface area (Å²) < 4.78 is 3.55. The highest BCUT2D eigenvalue weighted by Gasteiger charge is 2.35. The summed E-state index contributed by atoms with van der Waals surface area (Å²) in [6.45, 7) is 4.13. The first-order chi connectivity index (χ1) is 20.5. The molecule has 14 heteroatoms. The molecule has 8 N–H and O–H groups in total. The number of halogens is 3. The second-order valence-corrected chi connectivity index (χ2v) is 11.6. The Labute approximate surface area is 264 Å². The molecule has 1 amide bonds. The van der Waals surface area contributed by atoms with Gasteiger partial charge in [0.25, 0.3) is 0 Å². The van der Waals surface area contributed by atoms with Crippen LogP contribution in [0.25, 0.3) is 17.0 Å². The number of carbonyl (C=O) groups excluding carboxylic acids is 2. The van der Waals surface area contributed by atoms with Crippen LogP contribution in [0.2, 0.25) is 0 Å². The van der Waals surface area contributed by atoms with Crippen molar-refractivity contribution in [3.63, 3.8) is 0 Å². The zero-order valence-electron chi connectivity index (χ0n) is 23.1. The van der Waals surface area contributed by atoms with Gasteiger partial charge in [0.15, 0.2) is 12.7 Å². The molecular weight excluding hydrogens is 615 g/mol. The zero-order chi connectivity index (χ0) is 31.4. The van der Waals surface area contributed by atoms with Crippen LogP contribution in [-0.2, 0) is 14.3 Å². The molecule has 1 aromatic heterocycles. The lowest BCUT2D eigenvalue weighted by molar-refractivity contribution is -0.145. The third-order valence-electron chi connectivity index (χ3n) is 6.03. The van der Waals surface area contributed by atoms with E-state index >= 15 is 0 Å². The fourth-order valence-corrected chi connectivity index (χ4v) is 4.19. The van der Waals surface area contributed by atoms with Crippen molar-refractivity contribution in [1.82, 2.24) is 20.9 Å². The molecule has 0 saturated carbocycles. The van der Waals surface area contributed by atoms with Crippen LogP contribution in [0.5, 0.6) is 0 Å². The third kappa shape index (κ3) is 10.6. The number of nitrogens with zero attached hydrogens (tertiary/aromatic N) is 2. The number of carbonyl (C=O) groups is 2. The SMILES string of the molecule is C=C(NC(NC(=O)/C=C/c1ccccc1)C(Cl)(Cl)Cl)N(COC(=O)[C@@H](N)CCCNC(=N)N)c1cccc2cccnc12. The molecule has 228 valence electrons. The molecule has 0 aliphatic rings. The van der Waals surface area contributed by atoms with Crippen LogP contribution >= 0.6 is 34.8 Å². The van der Waals surface area contributed by atoms with E-state index in [0.717, 1.165) is 10.9 Å². The minimum atomic E-state index is -2.01. The average Bonchev–Trinajstić information content (AvgIpc) is 2.97. The van der Waals surface area contributed by atoms with Gasteiger partial charge >= 0.3 is 5.97 Å². The maximum Gasteiger partial charge on any atom is 0.324 e. The topological polar surface area (TPSA) is 171 Å². The number of rotatable bonds is 14. The zero-order valence-corrected chi connectivity index (χ0v) is 25.4. The van der Waals surface area contributed by atoms with E-state index in [1.165, 1.54) is 11.0 Å². The number of fused-ring (bicyclic) bond motifs is 1. The van der Waals surface area contributed by atoms with Crippen LogP contribution in [0.15, 0.2) is 85.3 Å². The number of nitrogens with two attached hydrogens (primary N) is 2. The molecule has 11 nitrogen and oxygen atoms in total. The number of ether oxygens (including phenoxy) is 1. The lowest BCUT2D eigenvalue weighted by Crippen LogP contribution is -2.54. The highest BCUT2D eigenvalue weighted by atomic mass is 35.6. The quantitative estimate of drug-likeness (QED) is 0.0290. The first-order valence-corrected chi connectivity index (χ1v) is 14.3. The second kappa shape index (κ2) is 16.0. The Hall–Kier alpha value is -4.03. The molecule has 0 radical (unpaired) electrons. The Kier molecular flexibility index (Phi) is 12.4. The lowest BCUT2D eigenvalue weighted by atomic mass is 10.1. The highest BCUT2D eigenvalue weighted by Crippen LogP contribution is 2.31. The van der Waals surface area contributed by atoms with Crippen LogP contribution in [0, 0.1) is 5.41 Å². The number of hydrogen-bond donors (Lipinski definition) is 6. The van der Waals surface area contributed by atoms with E-state index in [-0.39, 0.29) is 18.5 Å². The molecule has 2 atom stereocenters. The van der Waals surface area contributed by atoms with Crippen molar-refractivity contribution >= 4 is 75.3 Å². The molecular formula is C29H33Cl3N8O3. The minimum absolute atomic E-state index is 0.133. The average molecular weight is 648 g/mol. The van der Waals surface area contributed by atoms with Gasteiger partial charge in [-0.3, -0.25) is 24.9 Å². The third-order valence-corrected chi connectivity index (χ3v) is 6.68. The van der Waals surface area contributed by atoms with Crippen molar-refractivity contribution in [2.75, 3.05) is 18.2 Å². The largest absolute Gasteiger partial charge is 0.443 e. The summed E-state index contributed by atoms with van der Waals surface area (Å²) in [7, 11) is 0. The Balaban J connectivity index is 1.79. The summed E-state index contributed by atoms with van der Waals surface area (Å²) >= 11 is 18.7. The van der Waals surface area contributed by atoms with Crippen molar-refractivity contribution in [1.29, 1.82) is 5.41 Å². The van der Waals surface area contributed by atoms with Gasteiger partial charge in [-0.2, -0.15) is 0 Å². The van der Waals surface area contributed by atoms with E-state index in [2.05, 4.69) is 27.5 Å². The minimum Gasteiger partial charge on any atom is -0.443 e. The Bertz CT molecular complexity index is 1440. The number of pyridine rings is 1. The summed E-state index contributed by atoms with van der Waals surface area (Å²) in [6, 6.07) is 17.4. The molecule has 3 aromatic rings. The van der Waals surface area contributed by atoms with Gasteiger partial charge < -0.3 is 32.2 Å². The van der Waals surface area contributed by atoms with Gasteiger partial charge in [-0.25, -0.2) is 0 Å². The first kappa shape index (κ1) is 33.5. The van der Waals surface area contributed by atoms with Gasteiger partial charge in [0, 0.05) is 24.2 Å². The van der Waals surface area contributed by atoms with Crippen LogP contribution in [0.4, 0.5) is 5.69 Å². The second-order valence-electron chi connectivity index (χ2n) is 9.28. The summed E-state index contributed by atoms with van der Waals surface area (Å²) in [4.78, 5) is 31.5. The maximum atomic E-state index is 12.8. The van der Waals surface area contributed by atoms with Gasteiger partial charge in [-0.1, -0.05) is 89.9 Å². The van der Waals surface area contributed by atoms with Crippen molar-refractivity contribution in [2.45, 2.75) is 28.8 Å². The predicted molar refractivity (Wildman–Crippen MR) is 172 cm³/mol. The molecule has 1 heterocycles. The van der Waals surface area contributed by atoms with E-state index in [1.807, 2.05) is 42.5 Å². The molecule has 0 aliphatic heterocycles. The molecule has 43 heavy (non-hydrogen) atoms. The summed E-state index contributed by atoms with van der Waals surface area (Å²) in [5, 5.41) is 16.2. The molecule has 0 spiro atoms. The fourth-order valence-electron chi connectivity index (χ4n) is 3.87. The summed E-state index contributed by atoms with van der Waals surface area (Å²) in [5.74, 6) is -1.23. The van der Waals surface area contributed by atoms with Crippen molar-refractivity contribution < 1.29 is 14.3 Å². The monoisotopic (exact) mass is 646 g/mol. The lowest BCUT2D eigenvalue weighted by Gasteiger charge is -2.33. The van der Waals surface area contributed by atoms with Crippen LogP contribution in [0.1, 0.15) is 18.4 Å². The van der Waals surface area contributed by atoms with Crippen molar-refractivity contribution in [3.05, 3.63) is 90.9 Å². The Morgan fingerprint density at radius 2 is 1.81 bits per heavy atom. The number of nitrogens with one attached hydrogen (secondary N) is 4. The normalized spacial score (nSPS) is 12.7. The van der Waals surface area contributed by atoms with Gasteiger partial charge in [-0.15, -0.1) is 0 Å². The standard InChI is InChI=1S/C29H33Cl3N8O3/c1-19(38-27(29(30,31)32)39-24(41)15-14-20-8-3-2-4-9-20)40(23-13-5-10-21-11-6-16-36-25(21)23)18-43-26(42)22(33)12-7-17-37-28(34)35/h2-6,8-11,13-16,22,27,38H,1,7,12,17-18,33H2,(H,39,41)(H4,34,35,37)/b15-14+/t22-,27?/m0/s1. The molecule has 2 aromatic carbocycles. The van der Waals surface area contributed by atoms with Crippen molar-refractivity contribution in [3.8, 4) is 0 Å². The Morgan fingerprint density at radius 1 is 1.09 bits per heavy atom.